The van der Waals surface area contributed by atoms with Gasteiger partial charge in [0.25, 0.3) is 0 Å². The Labute approximate surface area is 355 Å². The Kier molecular flexibility index (Phi) is 7.73. The zero-order valence-electron chi connectivity index (χ0n) is 33.6. The van der Waals surface area contributed by atoms with E-state index in [4.69, 9.17) is 0 Å². The molecule has 2 aliphatic rings. The summed E-state index contributed by atoms with van der Waals surface area (Å²) in [5.74, 6) is 0. The summed E-state index contributed by atoms with van der Waals surface area (Å²) >= 11 is 1.88. The van der Waals surface area contributed by atoms with E-state index in [1.807, 2.05) is 11.3 Å². The first-order chi connectivity index (χ1) is 29.5. The maximum Gasteiger partial charge on any atom is 0.0714 e. The number of fused-ring (bicyclic) bond motifs is 9. The Morgan fingerprint density at radius 3 is 1.75 bits per heavy atom. The molecular weight excluding hydrogens is 743 g/mol. The van der Waals surface area contributed by atoms with E-state index in [2.05, 4.69) is 231 Å². The number of anilines is 3. The van der Waals surface area contributed by atoms with Gasteiger partial charge in [0.1, 0.15) is 0 Å². The first kappa shape index (κ1) is 35.0. The molecule has 0 unspecified atom stereocenters. The van der Waals surface area contributed by atoms with Crippen LogP contribution in [0.4, 0.5) is 17.1 Å². The normalized spacial score (nSPS) is 14.1. The largest absolute Gasteiger partial charge is 0.309 e. The van der Waals surface area contributed by atoms with Crippen molar-refractivity contribution < 1.29 is 0 Å². The van der Waals surface area contributed by atoms with E-state index in [0.717, 1.165) is 11.4 Å². The fourth-order valence-corrected chi connectivity index (χ4v) is 12.0. The molecule has 0 aliphatic heterocycles. The van der Waals surface area contributed by atoms with Crippen molar-refractivity contribution in [3.63, 3.8) is 0 Å². The highest BCUT2D eigenvalue weighted by Gasteiger charge is 2.46. The standard InChI is InChI=1S/C58H41NS/c1-57(2)50-30-12-9-25-45(50)48-28-16-27-43(55(48)57)38-18-15-23-41(36-38)59(53-32-17-29-49-47-26-11-14-33-54(47)60-56(49)53)42-34-35-46-44-24-10-13-31-51(44)58(52(46)37-42,39-19-5-3-6-20-39)40-21-7-4-8-22-40/h3-37H,1-2H3. The van der Waals surface area contributed by atoms with Crippen LogP contribution in [0.25, 0.3) is 53.6 Å². The lowest BCUT2D eigenvalue weighted by molar-refractivity contribution is 0.662. The predicted octanol–water partition coefficient (Wildman–Crippen LogP) is 15.9. The van der Waals surface area contributed by atoms with Gasteiger partial charge in [-0.2, -0.15) is 0 Å². The van der Waals surface area contributed by atoms with Crippen LogP contribution in [0.1, 0.15) is 47.2 Å². The average molecular weight is 784 g/mol. The number of nitrogens with zero attached hydrogens (tertiary/aromatic N) is 1. The van der Waals surface area contributed by atoms with Gasteiger partial charge >= 0.3 is 0 Å². The minimum Gasteiger partial charge on any atom is -0.309 e. The van der Waals surface area contributed by atoms with Crippen LogP contribution in [0, 0.1) is 0 Å². The summed E-state index contributed by atoms with van der Waals surface area (Å²) in [4.78, 5) is 2.52. The van der Waals surface area contributed by atoms with Crippen LogP contribution in [0.2, 0.25) is 0 Å². The van der Waals surface area contributed by atoms with E-state index in [-0.39, 0.29) is 5.41 Å². The predicted molar refractivity (Wildman–Crippen MR) is 254 cm³/mol. The zero-order chi connectivity index (χ0) is 40.0. The Balaban J connectivity index is 1.13. The highest BCUT2D eigenvalue weighted by molar-refractivity contribution is 7.26. The Hall–Kier alpha value is -7.00. The summed E-state index contributed by atoms with van der Waals surface area (Å²) < 4.78 is 2.58. The molecule has 9 aromatic carbocycles. The third kappa shape index (κ3) is 4.92. The van der Waals surface area contributed by atoms with Crippen molar-refractivity contribution in [3.8, 4) is 33.4 Å². The molecule has 10 aromatic rings. The van der Waals surface area contributed by atoms with Crippen LogP contribution in [-0.2, 0) is 10.8 Å². The first-order valence-electron chi connectivity index (χ1n) is 20.9. The lowest BCUT2D eigenvalue weighted by Crippen LogP contribution is -2.28. The van der Waals surface area contributed by atoms with Crippen molar-refractivity contribution in [1.29, 1.82) is 0 Å². The van der Waals surface area contributed by atoms with Crippen LogP contribution in [0.15, 0.2) is 212 Å². The van der Waals surface area contributed by atoms with Crippen molar-refractivity contribution >= 4 is 48.6 Å². The lowest BCUT2D eigenvalue weighted by Gasteiger charge is -2.35. The van der Waals surface area contributed by atoms with Gasteiger partial charge in [-0.25, -0.2) is 0 Å². The van der Waals surface area contributed by atoms with Gasteiger partial charge in [0.15, 0.2) is 0 Å². The topological polar surface area (TPSA) is 3.24 Å². The van der Waals surface area contributed by atoms with Crippen molar-refractivity contribution in [1.82, 2.24) is 0 Å². The summed E-state index contributed by atoms with van der Waals surface area (Å²) in [5, 5.41) is 2.58. The maximum absolute atomic E-state index is 2.52. The quantitative estimate of drug-likeness (QED) is 0.162. The molecule has 2 aliphatic carbocycles. The summed E-state index contributed by atoms with van der Waals surface area (Å²) in [7, 11) is 0. The van der Waals surface area contributed by atoms with Gasteiger partial charge in [0.05, 0.1) is 15.8 Å². The van der Waals surface area contributed by atoms with Crippen molar-refractivity contribution in [3.05, 3.63) is 246 Å². The van der Waals surface area contributed by atoms with Gasteiger partial charge in [-0.05, 0) is 103 Å². The molecule has 0 N–H and O–H groups in total. The van der Waals surface area contributed by atoms with Gasteiger partial charge in [-0.3, -0.25) is 0 Å². The van der Waals surface area contributed by atoms with Crippen molar-refractivity contribution in [2.24, 2.45) is 0 Å². The van der Waals surface area contributed by atoms with Crippen molar-refractivity contribution in [2.75, 3.05) is 4.90 Å². The van der Waals surface area contributed by atoms with Crippen LogP contribution in [0.5, 0.6) is 0 Å². The molecule has 0 saturated carbocycles. The second-order valence-corrected chi connectivity index (χ2v) is 17.8. The number of benzene rings is 9. The zero-order valence-corrected chi connectivity index (χ0v) is 34.4. The average Bonchev–Trinajstić information content (AvgIpc) is 3.91. The molecule has 1 aromatic heterocycles. The molecule has 0 fully saturated rings. The fourth-order valence-electron chi connectivity index (χ4n) is 10.8. The number of rotatable bonds is 6. The molecular formula is C58H41NS. The van der Waals surface area contributed by atoms with Gasteiger partial charge in [0.2, 0.25) is 0 Å². The van der Waals surface area contributed by atoms with Crippen LogP contribution < -0.4 is 4.90 Å². The van der Waals surface area contributed by atoms with E-state index in [9.17, 15) is 0 Å². The second-order valence-electron chi connectivity index (χ2n) is 16.8. The Bertz CT molecular complexity index is 3260. The van der Waals surface area contributed by atoms with Gasteiger partial charge in [-0.1, -0.05) is 190 Å². The molecule has 1 nitrogen and oxygen atoms in total. The minimum absolute atomic E-state index is 0.131. The summed E-state index contributed by atoms with van der Waals surface area (Å²) in [5.41, 5.74) is 18.5. The molecule has 0 saturated heterocycles. The molecule has 284 valence electrons. The smallest absolute Gasteiger partial charge is 0.0714 e. The molecule has 12 rings (SSSR count). The van der Waals surface area contributed by atoms with E-state index in [0.29, 0.717) is 0 Å². The van der Waals surface area contributed by atoms with E-state index >= 15 is 0 Å². The first-order valence-corrected chi connectivity index (χ1v) is 21.7. The molecule has 60 heavy (non-hydrogen) atoms. The summed E-state index contributed by atoms with van der Waals surface area (Å²) in [6, 6.07) is 79.2. The molecule has 0 atom stereocenters. The molecule has 0 amide bonds. The van der Waals surface area contributed by atoms with E-state index in [1.54, 1.807) is 0 Å². The molecule has 0 radical (unpaired) electrons. The molecule has 1 heterocycles. The number of hydrogen-bond acceptors (Lipinski definition) is 2. The SMILES string of the molecule is CC1(C)c2ccccc2-c2cccc(-c3cccc(N(c4ccc5c(c4)C(c4ccccc4)(c4ccccc4)c4ccccc4-5)c4cccc5c4sc4ccccc45)c3)c21. The van der Waals surface area contributed by atoms with Gasteiger partial charge in [-0.15, -0.1) is 11.3 Å². The monoisotopic (exact) mass is 783 g/mol. The number of thiophene rings is 1. The number of hydrogen-bond donors (Lipinski definition) is 0. The van der Waals surface area contributed by atoms with E-state index in [1.165, 1.54) is 92.6 Å². The third-order valence-electron chi connectivity index (χ3n) is 13.3. The van der Waals surface area contributed by atoms with Gasteiger partial charge < -0.3 is 4.90 Å². The minimum atomic E-state index is -0.507. The molecule has 2 heteroatoms. The van der Waals surface area contributed by atoms with Crippen LogP contribution >= 0.6 is 11.3 Å². The Morgan fingerprint density at radius 1 is 0.400 bits per heavy atom. The highest BCUT2D eigenvalue weighted by atomic mass is 32.1. The maximum atomic E-state index is 2.52. The Morgan fingerprint density at radius 2 is 0.967 bits per heavy atom. The fraction of sp³-hybridized carbons (Fsp3) is 0.0690. The molecule has 0 bridgehead atoms. The van der Waals surface area contributed by atoms with Gasteiger partial charge in [0, 0.05) is 32.3 Å². The molecule has 0 spiro atoms. The lowest BCUT2D eigenvalue weighted by atomic mass is 9.67. The van der Waals surface area contributed by atoms with Crippen LogP contribution in [-0.4, -0.2) is 0 Å². The second kappa shape index (κ2) is 13.3. The van der Waals surface area contributed by atoms with E-state index < -0.39 is 5.41 Å². The van der Waals surface area contributed by atoms with Crippen molar-refractivity contribution in [2.45, 2.75) is 24.7 Å². The highest BCUT2D eigenvalue weighted by Crippen LogP contribution is 2.58. The summed E-state index contributed by atoms with van der Waals surface area (Å²) in [6.07, 6.45) is 0. The summed E-state index contributed by atoms with van der Waals surface area (Å²) in [6.45, 7) is 4.77. The third-order valence-corrected chi connectivity index (χ3v) is 14.5. The van der Waals surface area contributed by atoms with Crippen LogP contribution in [0.3, 0.4) is 0 Å².